The van der Waals surface area contributed by atoms with Crippen molar-refractivity contribution < 1.29 is 14.1 Å². The van der Waals surface area contributed by atoms with Crippen LogP contribution in [0.3, 0.4) is 0 Å². The number of benzene rings is 2. The molecule has 0 saturated carbocycles. The number of halogens is 2. The zero-order valence-corrected chi connectivity index (χ0v) is 13.7. The van der Waals surface area contributed by atoms with Crippen molar-refractivity contribution in [1.29, 1.82) is 0 Å². The fourth-order valence-electron chi connectivity index (χ4n) is 2.40. The number of carbonyl (C=O) groups excluding carboxylic acids is 1. The van der Waals surface area contributed by atoms with Crippen molar-refractivity contribution in [1.82, 2.24) is 4.98 Å². The van der Waals surface area contributed by atoms with E-state index in [4.69, 9.17) is 11.6 Å². The van der Waals surface area contributed by atoms with Crippen molar-refractivity contribution in [3.05, 3.63) is 74.7 Å². The van der Waals surface area contributed by atoms with Gasteiger partial charge in [-0.15, -0.1) is 0 Å². The molecule has 0 saturated heterocycles. The van der Waals surface area contributed by atoms with Gasteiger partial charge in [0.25, 0.3) is 5.91 Å². The van der Waals surface area contributed by atoms with Crippen LogP contribution in [0.1, 0.15) is 16.1 Å². The largest absolute Gasteiger partial charge is 0.322 e. The van der Waals surface area contributed by atoms with Gasteiger partial charge in [-0.3, -0.25) is 19.9 Å². The summed E-state index contributed by atoms with van der Waals surface area (Å²) in [5.41, 5.74) is 0.846. The second-order valence-corrected chi connectivity index (χ2v) is 5.77. The lowest BCUT2D eigenvalue weighted by Crippen LogP contribution is -2.14. The van der Waals surface area contributed by atoms with Crippen LogP contribution in [0.5, 0.6) is 0 Å². The lowest BCUT2D eigenvalue weighted by atomic mass is 10.1. The molecule has 6 nitrogen and oxygen atoms in total. The van der Waals surface area contributed by atoms with Crippen molar-refractivity contribution in [3.63, 3.8) is 0 Å². The van der Waals surface area contributed by atoms with Crippen molar-refractivity contribution in [2.75, 3.05) is 5.32 Å². The molecule has 126 valence electrons. The Morgan fingerprint density at radius 1 is 1.24 bits per heavy atom. The standard InChI is InChI=1S/C17H11ClFN3O3/c1-9-13(6-10-2-3-11(18)7-15(10)20-9)17(23)21-12-4-5-14(19)16(8-12)22(24)25/h2-8H,1H3,(H,21,23). The van der Waals surface area contributed by atoms with Gasteiger partial charge in [0.05, 0.1) is 21.7 Å². The highest BCUT2D eigenvalue weighted by molar-refractivity contribution is 6.31. The van der Waals surface area contributed by atoms with E-state index in [9.17, 15) is 19.3 Å². The fourth-order valence-corrected chi connectivity index (χ4v) is 2.56. The number of aromatic nitrogens is 1. The molecule has 1 aromatic heterocycles. The first-order valence-electron chi connectivity index (χ1n) is 7.17. The zero-order valence-electron chi connectivity index (χ0n) is 12.9. The molecule has 0 bridgehead atoms. The molecule has 1 N–H and O–H groups in total. The first kappa shape index (κ1) is 16.8. The molecule has 1 amide bonds. The van der Waals surface area contributed by atoms with Gasteiger partial charge in [-0.25, -0.2) is 0 Å². The minimum atomic E-state index is -0.969. The lowest BCUT2D eigenvalue weighted by molar-refractivity contribution is -0.387. The van der Waals surface area contributed by atoms with Crippen LogP contribution in [0.25, 0.3) is 10.9 Å². The number of hydrogen-bond donors (Lipinski definition) is 1. The number of amides is 1. The molecule has 0 radical (unpaired) electrons. The molecule has 3 rings (SSSR count). The molecule has 25 heavy (non-hydrogen) atoms. The summed E-state index contributed by atoms with van der Waals surface area (Å²) < 4.78 is 13.4. The number of pyridine rings is 1. The molecule has 0 aliphatic rings. The van der Waals surface area contributed by atoms with E-state index in [1.807, 2.05) is 0 Å². The number of nitro benzene ring substituents is 1. The van der Waals surface area contributed by atoms with Crippen LogP contribution in [-0.4, -0.2) is 15.8 Å². The van der Waals surface area contributed by atoms with Gasteiger partial charge in [0.1, 0.15) is 0 Å². The number of rotatable bonds is 3. The SMILES string of the molecule is Cc1nc2cc(Cl)ccc2cc1C(=O)Nc1ccc(F)c([N+](=O)[O-])c1. The monoisotopic (exact) mass is 359 g/mol. The predicted molar refractivity (Wildman–Crippen MR) is 92.5 cm³/mol. The fraction of sp³-hybridized carbons (Fsp3) is 0.0588. The highest BCUT2D eigenvalue weighted by Crippen LogP contribution is 2.24. The third-order valence-corrected chi connectivity index (χ3v) is 3.85. The number of nitrogens with one attached hydrogen (secondary N) is 1. The second kappa shape index (κ2) is 6.45. The van der Waals surface area contributed by atoms with Crippen LogP contribution < -0.4 is 5.32 Å². The Balaban J connectivity index is 1.95. The third-order valence-electron chi connectivity index (χ3n) is 3.62. The minimum Gasteiger partial charge on any atom is -0.322 e. The molecule has 0 atom stereocenters. The van der Waals surface area contributed by atoms with E-state index in [2.05, 4.69) is 10.3 Å². The van der Waals surface area contributed by atoms with E-state index in [0.717, 1.165) is 17.5 Å². The van der Waals surface area contributed by atoms with E-state index in [0.29, 0.717) is 21.8 Å². The summed E-state index contributed by atoms with van der Waals surface area (Å²) in [6.07, 6.45) is 0. The van der Waals surface area contributed by atoms with E-state index in [1.54, 1.807) is 31.2 Å². The van der Waals surface area contributed by atoms with Crippen molar-refractivity contribution in [2.45, 2.75) is 6.92 Å². The highest BCUT2D eigenvalue weighted by atomic mass is 35.5. The molecule has 0 unspecified atom stereocenters. The Morgan fingerprint density at radius 3 is 2.72 bits per heavy atom. The Bertz CT molecular complexity index is 1020. The Morgan fingerprint density at radius 2 is 2.00 bits per heavy atom. The number of hydrogen-bond acceptors (Lipinski definition) is 4. The molecule has 0 fully saturated rings. The zero-order chi connectivity index (χ0) is 18.1. The van der Waals surface area contributed by atoms with Gasteiger partial charge in [0, 0.05) is 22.2 Å². The van der Waals surface area contributed by atoms with Gasteiger partial charge in [0.2, 0.25) is 5.82 Å². The maximum Gasteiger partial charge on any atom is 0.306 e. The van der Waals surface area contributed by atoms with Crippen molar-refractivity contribution in [2.24, 2.45) is 0 Å². The molecule has 0 aliphatic carbocycles. The summed E-state index contributed by atoms with van der Waals surface area (Å²) in [4.78, 5) is 26.8. The second-order valence-electron chi connectivity index (χ2n) is 5.34. The van der Waals surface area contributed by atoms with Gasteiger partial charge in [-0.05, 0) is 37.3 Å². The normalized spacial score (nSPS) is 10.7. The average Bonchev–Trinajstić information content (AvgIpc) is 2.55. The maximum atomic E-state index is 13.4. The molecule has 1 heterocycles. The van der Waals surface area contributed by atoms with Crippen molar-refractivity contribution in [3.8, 4) is 0 Å². The predicted octanol–water partition coefficient (Wildman–Crippen LogP) is 4.50. The molecule has 8 heteroatoms. The van der Waals surface area contributed by atoms with Gasteiger partial charge < -0.3 is 5.32 Å². The Hall–Kier alpha value is -3.06. The molecular formula is C17H11ClFN3O3. The van der Waals surface area contributed by atoms with E-state index in [1.165, 1.54) is 6.07 Å². The Labute approximate surface area is 146 Å². The van der Waals surface area contributed by atoms with Gasteiger partial charge in [-0.1, -0.05) is 17.7 Å². The Kier molecular flexibility index (Phi) is 4.33. The van der Waals surface area contributed by atoms with Crippen LogP contribution in [0, 0.1) is 22.9 Å². The smallest absolute Gasteiger partial charge is 0.306 e. The third kappa shape index (κ3) is 3.41. The molecule has 2 aromatic carbocycles. The quantitative estimate of drug-likeness (QED) is 0.551. The van der Waals surface area contributed by atoms with Crippen LogP contribution in [0.2, 0.25) is 5.02 Å². The number of anilines is 1. The first-order chi connectivity index (χ1) is 11.8. The van der Waals surface area contributed by atoms with E-state index in [-0.39, 0.29) is 5.69 Å². The molecule has 3 aromatic rings. The molecule has 0 spiro atoms. The highest BCUT2D eigenvalue weighted by Gasteiger charge is 2.17. The number of aryl methyl sites for hydroxylation is 1. The summed E-state index contributed by atoms with van der Waals surface area (Å²) in [6.45, 7) is 1.67. The number of nitrogens with zero attached hydrogens (tertiary/aromatic N) is 2. The van der Waals surface area contributed by atoms with Gasteiger partial charge in [0.15, 0.2) is 0 Å². The number of carbonyl (C=O) groups is 1. The summed E-state index contributed by atoms with van der Waals surface area (Å²) in [5.74, 6) is -1.47. The van der Waals surface area contributed by atoms with Crippen LogP contribution in [-0.2, 0) is 0 Å². The molecule has 0 aliphatic heterocycles. The van der Waals surface area contributed by atoms with Gasteiger partial charge in [-0.2, -0.15) is 4.39 Å². The minimum absolute atomic E-state index is 0.119. The van der Waals surface area contributed by atoms with Crippen molar-refractivity contribution >= 4 is 39.8 Å². The summed E-state index contributed by atoms with van der Waals surface area (Å²) in [6, 6.07) is 9.92. The first-order valence-corrected chi connectivity index (χ1v) is 7.55. The van der Waals surface area contributed by atoms with Crippen LogP contribution in [0.4, 0.5) is 15.8 Å². The van der Waals surface area contributed by atoms with E-state index >= 15 is 0 Å². The lowest BCUT2D eigenvalue weighted by Gasteiger charge is -2.09. The summed E-state index contributed by atoms with van der Waals surface area (Å²) in [7, 11) is 0. The number of fused-ring (bicyclic) bond motifs is 1. The number of nitro groups is 1. The topological polar surface area (TPSA) is 85.1 Å². The maximum absolute atomic E-state index is 13.4. The van der Waals surface area contributed by atoms with Crippen LogP contribution in [0.15, 0.2) is 42.5 Å². The van der Waals surface area contributed by atoms with Gasteiger partial charge >= 0.3 is 5.69 Å². The van der Waals surface area contributed by atoms with Crippen LogP contribution >= 0.6 is 11.6 Å². The van der Waals surface area contributed by atoms with E-state index < -0.39 is 22.3 Å². The average molecular weight is 360 g/mol. The summed E-state index contributed by atoms with van der Waals surface area (Å²) in [5, 5.41) is 14.6. The summed E-state index contributed by atoms with van der Waals surface area (Å²) >= 11 is 5.93. The molecular weight excluding hydrogens is 349 g/mol.